The van der Waals surface area contributed by atoms with Crippen LogP contribution in [-0.4, -0.2) is 23.7 Å². The highest BCUT2D eigenvalue weighted by Crippen LogP contribution is 2.35. The van der Waals surface area contributed by atoms with Gasteiger partial charge in [0.25, 0.3) is 5.91 Å². The first kappa shape index (κ1) is 16.8. The summed E-state index contributed by atoms with van der Waals surface area (Å²) in [6, 6.07) is 10.0. The Balaban J connectivity index is 1.69. The molecule has 134 valence electrons. The van der Waals surface area contributed by atoms with E-state index in [4.69, 9.17) is 9.47 Å². The molecule has 4 rings (SSSR count). The van der Waals surface area contributed by atoms with Gasteiger partial charge in [-0.05, 0) is 25.0 Å². The summed E-state index contributed by atoms with van der Waals surface area (Å²) in [7, 11) is 1.91. The summed E-state index contributed by atoms with van der Waals surface area (Å²) in [5.41, 5.74) is 4.32. The lowest BCUT2D eigenvalue weighted by Crippen LogP contribution is -2.16. The highest BCUT2D eigenvalue weighted by atomic mass is 32.1. The van der Waals surface area contributed by atoms with Crippen LogP contribution in [0.1, 0.15) is 16.7 Å². The van der Waals surface area contributed by atoms with E-state index in [0.717, 1.165) is 32.8 Å². The molecule has 0 N–H and O–H groups in total. The second-order valence-electron chi connectivity index (χ2n) is 6.52. The standard InChI is InChI=1S/C20H20N2O3S/c1-12-4-5-14(13(2)8-12)9-19(23)21-20-22(3)15-10-16-17(11-18(15)26-20)25-7-6-24-16/h4-5,8,10-11H,6-7,9H2,1-3H3. The van der Waals surface area contributed by atoms with Crippen LogP contribution in [0.5, 0.6) is 11.5 Å². The van der Waals surface area contributed by atoms with Crippen molar-refractivity contribution in [2.75, 3.05) is 13.2 Å². The van der Waals surface area contributed by atoms with Gasteiger partial charge in [-0.15, -0.1) is 0 Å². The molecule has 2 aromatic carbocycles. The molecular weight excluding hydrogens is 348 g/mol. The molecule has 0 fully saturated rings. The number of hydrogen-bond donors (Lipinski definition) is 0. The van der Waals surface area contributed by atoms with Crippen LogP contribution in [0.2, 0.25) is 0 Å². The first-order valence-corrected chi connectivity index (χ1v) is 9.36. The van der Waals surface area contributed by atoms with Crippen molar-refractivity contribution in [1.82, 2.24) is 4.57 Å². The van der Waals surface area contributed by atoms with Crippen LogP contribution < -0.4 is 14.3 Å². The molecular formula is C20H20N2O3S. The monoisotopic (exact) mass is 368 g/mol. The predicted octanol–water partition coefficient (Wildman–Crippen LogP) is 3.30. The van der Waals surface area contributed by atoms with E-state index in [9.17, 15) is 4.79 Å². The summed E-state index contributed by atoms with van der Waals surface area (Å²) >= 11 is 1.48. The van der Waals surface area contributed by atoms with Crippen molar-refractivity contribution in [2.45, 2.75) is 20.3 Å². The van der Waals surface area contributed by atoms with Crippen LogP contribution in [0.25, 0.3) is 10.2 Å². The molecule has 26 heavy (non-hydrogen) atoms. The molecule has 0 aliphatic carbocycles. The Labute approximate surface area is 155 Å². The zero-order chi connectivity index (χ0) is 18.3. The number of benzene rings is 2. The molecule has 1 amide bonds. The molecule has 0 spiro atoms. The first-order valence-electron chi connectivity index (χ1n) is 8.54. The molecule has 0 unspecified atom stereocenters. The van der Waals surface area contributed by atoms with E-state index < -0.39 is 0 Å². The van der Waals surface area contributed by atoms with Gasteiger partial charge in [0.2, 0.25) is 0 Å². The van der Waals surface area contributed by atoms with Crippen LogP contribution in [0.3, 0.4) is 0 Å². The minimum absolute atomic E-state index is 0.142. The quantitative estimate of drug-likeness (QED) is 0.697. The predicted molar refractivity (Wildman–Crippen MR) is 102 cm³/mol. The molecule has 0 saturated heterocycles. The fourth-order valence-electron chi connectivity index (χ4n) is 3.12. The third-order valence-corrected chi connectivity index (χ3v) is 5.63. The molecule has 1 aliphatic rings. The van der Waals surface area contributed by atoms with E-state index in [0.29, 0.717) is 24.4 Å². The Bertz CT molecular complexity index is 1080. The van der Waals surface area contributed by atoms with Gasteiger partial charge in [0.1, 0.15) is 13.2 Å². The number of rotatable bonds is 2. The Morgan fingerprint density at radius 3 is 2.62 bits per heavy atom. The third-order valence-electron chi connectivity index (χ3n) is 4.53. The van der Waals surface area contributed by atoms with Crippen LogP contribution in [0.15, 0.2) is 35.3 Å². The van der Waals surface area contributed by atoms with Crippen molar-refractivity contribution < 1.29 is 14.3 Å². The van der Waals surface area contributed by atoms with Gasteiger partial charge in [-0.2, -0.15) is 4.99 Å². The van der Waals surface area contributed by atoms with E-state index in [1.54, 1.807) is 0 Å². The Kier molecular flexibility index (Phi) is 4.28. The minimum atomic E-state index is -0.142. The van der Waals surface area contributed by atoms with Crippen LogP contribution >= 0.6 is 11.3 Å². The van der Waals surface area contributed by atoms with Crippen molar-refractivity contribution in [3.8, 4) is 11.5 Å². The van der Waals surface area contributed by atoms with E-state index in [1.165, 1.54) is 16.9 Å². The maximum atomic E-state index is 12.5. The number of aromatic nitrogens is 1. The number of hydrogen-bond acceptors (Lipinski definition) is 4. The minimum Gasteiger partial charge on any atom is -0.486 e. The van der Waals surface area contributed by atoms with Gasteiger partial charge in [0, 0.05) is 19.2 Å². The van der Waals surface area contributed by atoms with Gasteiger partial charge in [0.05, 0.1) is 16.6 Å². The average molecular weight is 368 g/mol. The molecule has 0 radical (unpaired) electrons. The first-order chi connectivity index (χ1) is 12.5. The molecule has 0 atom stereocenters. The van der Waals surface area contributed by atoms with Gasteiger partial charge in [0.15, 0.2) is 16.3 Å². The molecule has 1 aromatic heterocycles. The number of carbonyl (C=O) groups excluding carboxylic acids is 1. The van der Waals surface area contributed by atoms with Crippen LogP contribution in [-0.2, 0) is 18.3 Å². The second-order valence-corrected chi connectivity index (χ2v) is 7.53. The summed E-state index contributed by atoms with van der Waals surface area (Å²) in [5, 5.41) is 0. The molecule has 2 heterocycles. The maximum absolute atomic E-state index is 12.5. The van der Waals surface area contributed by atoms with Gasteiger partial charge in [-0.25, -0.2) is 0 Å². The zero-order valence-corrected chi connectivity index (χ0v) is 15.9. The highest BCUT2D eigenvalue weighted by molar-refractivity contribution is 7.16. The molecule has 6 heteroatoms. The Hall–Kier alpha value is -2.60. The lowest BCUT2D eigenvalue weighted by Gasteiger charge is -2.18. The lowest BCUT2D eigenvalue weighted by atomic mass is 10.0. The number of fused-ring (bicyclic) bond motifs is 2. The smallest absolute Gasteiger partial charge is 0.252 e. The molecule has 1 aliphatic heterocycles. The van der Waals surface area contributed by atoms with Gasteiger partial charge in [-0.1, -0.05) is 35.1 Å². The number of aryl methyl sites for hydroxylation is 3. The SMILES string of the molecule is Cc1ccc(CC(=O)N=c2sc3cc4c(cc3n2C)OCCO4)c(C)c1. The number of carbonyl (C=O) groups is 1. The lowest BCUT2D eigenvalue weighted by molar-refractivity contribution is -0.117. The van der Waals surface area contributed by atoms with E-state index >= 15 is 0 Å². The van der Waals surface area contributed by atoms with Crippen molar-refractivity contribution in [3.63, 3.8) is 0 Å². The maximum Gasteiger partial charge on any atom is 0.252 e. The Morgan fingerprint density at radius 2 is 1.88 bits per heavy atom. The summed E-state index contributed by atoms with van der Waals surface area (Å²) < 4.78 is 14.2. The van der Waals surface area contributed by atoms with Crippen molar-refractivity contribution >= 4 is 27.5 Å². The molecule has 3 aromatic rings. The summed E-state index contributed by atoms with van der Waals surface area (Å²) in [5.74, 6) is 1.35. The van der Waals surface area contributed by atoms with Crippen molar-refractivity contribution in [1.29, 1.82) is 0 Å². The van der Waals surface area contributed by atoms with Crippen molar-refractivity contribution in [3.05, 3.63) is 51.8 Å². The normalized spacial score (nSPS) is 14.0. The van der Waals surface area contributed by atoms with Gasteiger partial charge in [-0.3, -0.25) is 4.79 Å². The topological polar surface area (TPSA) is 52.8 Å². The fourth-order valence-corrected chi connectivity index (χ4v) is 4.17. The molecule has 0 saturated carbocycles. The van der Waals surface area contributed by atoms with E-state index in [2.05, 4.69) is 11.1 Å². The van der Waals surface area contributed by atoms with E-state index in [1.807, 2.05) is 49.7 Å². The van der Waals surface area contributed by atoms with E-state index in [-0.39, 0.29) is 5.91 Å². The zero-order valence-electron chi connectivity index (χ0n) is 15.0. The third kappa shape index (κ3) is 3.12. The summed E-state index contributed by atoms with van der Waals surface area (Å²) in [6.45, 7) is 5.19. The van der Waals surface area contributed by atoms with Crippen molar-refractivity contribution in [2.24, 2.45) is 12.0 Å². The fraction of sp³-hybridized carbons (Fsp3) is 0.300. The average Bonchev–Trinajstić information content (AvgIpc) is 2.90. The van der Waals surface area contributed by atoms with Crippen LogP contribution in [0, 0.1) is 13.8 Å². The van der Waals surface area contributed by atoms with Gasteiger partial charge >= 0.3 is 0 Å². The number of nitrogens with zero attached hydrogens (tertiary/aromatic N) is 2. The highest BCUT2D eigenvalue weighted by Gasteiger charge is 2.15. The largest absolute Gasteiger partial charge is 0.486 e. The summed E-state index contributed by atoms with van der Waals surface area (Å²) in [4.78, 5) is 17.5. The molecule has 0 bridgehead atoms. The van der Waals surface area contributed by atoms with Gasteiger partial charge < -0.3 is 14.0 Å². The Morgan fingerprint density at radius 1 is 1.15 bits per heavy atom. The second kappa shape index (κ2) is 6.61. The summed E-state index contributed by atoms with van der Waals surface area (Å²) in [6.07, 6.45) is 0.309. The number of amides is 1. The molecule has 5 nitrogen and oxygen atoms in total. The number of thiazole rings is 1. The van der Waals surface area contributed by atoms with Crippen LogP contribution in [0.4, 0.5) is 0 Å². The number of ether oxygens (including phenoxy) is 2.